The molecule has 0 heterocycles. The highest BCUT2D eigenvalue weighted by atomic mass is 35.5. The van der Waals surface area contributed by atoms with E-state index < -0.39 is 6.04 Å². The Morgan fingerprint density at radius 1 is 1.03 bits per heavy atom. The summed E-state index contributed by atoms with van der Waals surface area (Å²) in [7, 11) is 0. The quantitative estimate of drug-likeness (QED) is 0.532. The molecule has 1 aliphatic carbocycles. The molecule has 0 aromatic heterocycles. The number of rotatable bonds is 8. The van der Waals surface area contributed by atoms with Gasteiger partial charge in [-0.05, 0) is 49.4 Å². The zero-order chi connectivity index (χ0) is 22.2. The fourth-order valence-corrected chi connectivity index (χ4v) is 4.40. The van der Waals surface area contributed by atoms with Crippen LogP contribution in [0.25, 0.3) is 0 Å². The van der Waals surface area contributed by atoms with Crippen LogP contribution in [0.4, 0.5) is 0 Å². The number of carbonyl (C=O) groups is 2. The Hall–Kier alpha value is -2.04. The largest absolute Gasteiger partial charge is 0.351 e. The number of aryl methyl sites for hydroxylation is 1. The van der Waals surface area contributed by atoms with Crippen molar-refractivity contribution in [2.45, 2.75) is 57.5 Å². The zero-order valence-corrected chi connectivity index (χ0v) is 19.5. The number of alkyl halides is 1. The molecule has 31 heavy (non-hydrogen) atoms. The lowest BCUT2D eigenvalue weighted by atomic mass is 9.94. The Bertz CT molecular complexity index is 862. The molecule has 2 amide bonds. The molecule has 6 heteroatoms. The summed E-state index contributed by atoms with van der Waals surface area (Å²) in [4.78, 5) is 27.9. The van der Waals surface area contributed by atoms with Gasteiger partial charge in [0, 0.05) is 17.6 Å². The van der Waals surface area contributed by atoms with Crippen molar-refractivity contribution in [2.75, 3.05) is 12.4 Å². The highest BCUT2D eigenvalue weighted by Crippen LogP contribution is 2.25. The van der Waals surface area contributed by atoms with Gasteiger partial charge in [-0.15, -0.1) is 11.6 Å². The van der Waals surface area contributed by atoms with E-state index in [1.54, 1.807) is 4.90 Å². The highest BCUT2D eigenvalue weighted by Gasteiger charge is 2.32. The summed E-state index contributed by atoms with van der Waals surface area (Å²) in [5, 5.41) is 3.87. The van der Waals surface area contributed by atoms with Crippen LogP contribution in [-0.4, -0.2) is 35.2 Å². The van der Waals surface area contributed by atoms with Crippen molar-refractivity contribution < 1.29 is 9.59 Å². The first-order valence-electron chi connectivity index (χ1n) is 10.9. The Balaban J connectivity index is 1.85. The van der Waals surface area contributed by atoms with Crippen molar-refractivity contribution in [3.63, 3.8) is 0 Å². The van der Waals surface area contributed by atoms with Gasteiger partial charge in [-0.25, -0.2) is 0 Å². The molecule has 1 fully saturated rings. The van der Waals surface area contributed by atoms with Gasteiger partial charge in [-0.2, -0.15) is 0 Å². The average Bonchev–Trinajstić information content (AvgIpc) is 2.78. The van der Waals surface area contributed by atoms with E-state index in [1.165, 1.54) is 6.42 Å². The number of carbonyl (C=O) groups excluding carboxylic acids is 2. The van der Waals surface area contributed by atoms with Crippen LogP contribution in [0.3, 0.4) is 0 Å². The van der Waals surface area contributed by atoms with Gasteiger partial charge in [-0.3, -0.25) is 9.59 Å². The molecular formula is C25H30Cl2N2O2. The average molecular weight is 461 g/mol. The second-order valence-electron chi connectivity index (χ2n) is 8.25. The van der Waals surface area contributed by atoms with Crippen LogP contribution in [0.1, 0.15) is 54.8 Å². The summed E-state index contributed by atoms with van der Waals surface area (Å²) in [6, 6.07) is 14.8. The van der Waals surface area contributed by atoms with Gasteiger partial charge in [0.2, 0.25) is 11.8 Å². The summed E-state index contributed by atoms with van der Waals surface area (Å²) in [6.07, 6.45) is 6.05. The van der Waals surface area contributed by atoms with E-state index in [2.05, 4.69) is 5.32 Å². The second-order valence-corrected chi connectivity index (χ2v) is 8.96. The lowest BCUT2D eigenvalue weighted by Gasteiger charge is -2.33. The molecule has 4 nitrogen and oxygen atoms in total. The first-order valence-corrected chi connectivity index (χ1v) is 11.9. The minimum absolute atomic E-state index is 0.134. The molecule has 0 unspecified atom stereocenters. The van der Waals surface area contributed by atoms with Crippen molar-refractivity contribution in [3.8, 4) is 0 Å². The van der Waals surface area contributed by atoms with E-state index in [9.17, 15) is 9.59 Å². The van der Waals surface area contributed by atoms with E-state index in [0.29, 0.717) is 18.0 Å². The minimum atomic E-state index is -0.707. The van der Waals surface area contributed by atoms with E-state index >= 15 is 0 Å². The molecule has 2 aromatic carbocycles. The molecule has 1 atom stereocenters. The predicted octanol–water partition coefficient (Wildman–Crippen LogP) is 5.45. The maximum Gasteiger partial charge on any atom is 0.247 e. The number of nitrogens with one attached hydrogen (secondary N) is 1. The van der Waals surface area contributed by atoms with Crippen LogP contribution < -0.4 is 5.32 Å². The topological polar surface area (TPSA) is 49.4 Å². The monoisotopic (exact) mass is 460 g/mol. The molecule has 0 radical (unpaired) electrons. The predicted molar refractivity (Wildman–Crippen MR) is 127 cm³/mol. The summed E-state index contributed by atoms with van der Waals surface area (Å²) in [5.74, 6) is -0.551. The number of hydrogen-bond acceptors (Lipinski definition) is 2. The standard InChI is InChI=1S/C25H30Cl2N2O2/c1-18-7-11-20(12-8-18)24(25(31)28-22-5-3-2-4-6-22)29(23(30)17-26)16-15-19-9-13-21(27)14-10-19/h7-14,22,24H,2-6,15-17H2,1H3,(H,28,31)/t24-/m0/s1. The van der Waals surface area contributed by atoms with E-state index in [4.69, 9.17) is 23.2 Å². The van der Waals surface area contributed by atoms with Gasteiger partial charge in [0.1, 0.15) is 11.9 Å². The molecule has 3 rings (SSSR count). The number of amides is 2. The molecule has 0 spiro atoms. The summed E-state index contributed by atoms with van der Waals surface area (Å²) < 4.78 is 0. The highest BCUT2D eigenvalue weighted by molar-refractivity contribution is 6.30. The van der Waals surface area contributed by atoms with Gasteiger partial charge in [0.15, 0.2) is 0 Å². The number of halogens is 2. The normalized spacial score (nSPS) is 15.3. The lowest BCUT2D eigenvalue weighted by molar-refractivity contribution is -0.139. The van der Waals surface area contributed by atoms with Crippen LogP contribution in [0.5, 0.6) is 0 Å². The van der Waals surface area contributed by atoms with Crippen LogP contribution in [0.15, 0.2) is 48.5 Å². The first-order chi connectivity index (χ1) is 15.0. The Morgan fingerprint density at radius 2 is 1.68 bits per heavy atom. The van der Waals surface area contributed by atoms with Crippen LogP contribution in [0, 0.1) is 6.92 Å². The molecule has 1 aliphatic rings. The number of hydrogen-bond donors (Lipinski definition) is 1. The fourth-order valence-electron chi connectivity index (χ4n) is 4.12. The van der Waals surface area contributed by atoms with Crippen molar-refractivity contribution in [1.82, 2.24) is 10.2 Å². The summed E-state index contributed by atoms with van der Waals surface area (Å²) in [6.45, 7) is 2.40. The van der Waals surface area contributed by atoms with Crippen molar-refractivity contribution in [1.29, 1.82) is 0 Å². The van der Waals surface area contributed by atoms with Crippen LogP contribution >= 0.6 is 23.2 Å². The molecule has 0 aliphatic heterocycles. The third kappa shape index (κ3) is 6.72. The van der Waals surface area contributed by atoms with E-state index in [0.717, 1.165) is 42.4 Å². The molecule has 166 valence electrons. The lowest BCUT2D eigenvalue weighted by Crippen LogP contribution is -2.48. The third-order valence-corrected chi connectivity index (χ3v) is 6.37. The molecule has 1 saturated carbocycles. The fraction of sp³-hybridized carbons (Fsp3) is 0.440. The van der Waals surface area contributed by atoms with Crippen LogP contribution in [0.2, 0.25) is 5.02 Å². The maximum absolute atomic E-state index is 13.4. The Kier molecular flexibility index (Phi) is 8.79. The number of nitrogens with zero attached hydrogens (tertiary/aromatic N) is 1. The smallest absolute Gasteiger partial charge is 0.247 e. The van der Waals surface area contributed by atoms with Gasteiger partial charge in [0.05, 0.1) is 0 Å². The Labute approximate surface area is 194 Å². The first kappa shape index (κ1) is 23.6. The van der Waals surface area contributed by atoms with Gasteiger partial charge in [0.25, 0.3) is 0 Å². The second kappa shape index (κ2) is 11.5. The van der Waals surface area contributed by atoms with E-state index in [-0.39, 0.29) is 23.7 Å². The molecular weight excluding hydrogens is 431 g/mol. The van der Waals surface area contributed by atoms with Crippen molar-refractivity contribution in [2.24, 2.45) is 0 Å². The zero-order valence-electron chi connectivity index (χ0n) is 17.9. The van der Waals surface area contributed by atoms with Gasteiger partial charge in [-0.1, -0.05) is 72.8 Å². The molecule has 0 bridgehead atoms. The summed E-state index contributed by atoms with van der Waals surface area (Å²) >= 11 is 12.0. The van der Waals surface area contributed by atoms with E-state index in [1.807, 2.05) is 55.5 Å². The minimum Gasteiger partial charge on any atom is -0.351 e. The third-order valence-electron chi connectivity index (χ3n) is 5.89. The maximum atomic E-state index is 13.4. The molecule has 0 saturated heterocycles. The number of benzene rings is 2. The van der Waals surface area contributed by atoms with Crippen molar-refractivity contribution >= 4 is 35.0 Å². The Morgan fingerprint density at radius 3 is 2.29 bits per heavy atom. The van der Waals surface area contributed by atoms with Gasteiger partial charge >= 0.3 is 0 Å². The molecule has 1 N–H and O–H groups in total. The summed E-state index contributed by atoms with van der Waals surface area (Å²) in [5.41, 5.74) is 2.95. The van der Waals surface area contributed by atoms with Crippen molar-refractivity contribution in [3.05, 3.63) is 70.2 Å². The SMILES string of the molecule is Cc1ccc([C@@H](C(=O)NC2CCCCC2)N(CCc2ccc(Cl)cc2)C(=O)CCl)cc1. The van der Waals surface area contributed by atoms with Gasteiger partial charge < -0.3 is 10.2 Å². The molecule has 2 aromatic rings. The van der Waals surface area contributed by atoms with Crippen LogP contribution in [-0.2, 0) is 16.0 Å².